The number of carbonyl (C=O) groups is 2. The van der Waals surface area contributed by atoms with Gasteiger partial charge < -0.3 is 9.84 Å². The molecule has 1 unspecified atom stereocenters. The first-order chi connectivity index (χ1) is 23.6. The number of rotatable bonds is 40. The molecule has 4 heteroatoms. The Labute approximate surface area is 300 Å². The van der Waals surface area contributed by atoms with E-state index in [4.69, 9.17) is 9.84 Å². The van der Waals surface area contributed by atoms with Crippen molar-refractivity contribution in [3.63, 3.8) is 0 Å². The van der Waals surface area contributed by atoms with Crippen LogP contribution in [0.3, 0.4) is 0 Å². The van der Waals surface area contributed by atoms with Crippen LogP contribution in [0.2, 0.25) is 0 Å². The Bertz CT molecular complexity index is 687. The van der Waals surface area contributed by atoms with Gasteiger partial charge in [-0.15, -0.1) is 0 Å². The molecular formula is C44H84O4. The fourth-order valence-corrected chi connectivity index (χ4v) is 6.75. The van der Waals surface area contributed by atoms with Crippen molar-refractivity contribution in [2.45, 2.75) is 258 Å². The third-order valence-electron chi connectivity index (χ3n) is 9.98. The highest BCUT2D eigenvalue weighted by molar-refractivity contribution is 5.69. The smallest absolute Gasteiger partial charge is 0.306 e. The van der Waals surface area contributed by atoms with Crippen molar-refractivity contribution in [3.8, 4) is 0 Å². The van der Waals surface area contributed by atoms with Crippen molar-refractivity contribution in [1.29, 1.82) is 0 Å². The van der Waals surface area contributed by atoms with Gasteiger partial charge in [0, 0.05) is 12.8 Å². The lowest BCUT2D eigenvalue weighted by Gasteiger charge is -2.13. The van der Waals surface area contributed by atoms with Gasteiger partial charge in [-0.3, -0.25) is 9.59 Å². The first kappa shape index (κ1) is 46.7. The van der Waals surface area contributed by atoms with Crippen LogP contribution in [0.25, 0.3) is 0 Å². The summed E-state index contributed by atoms with van der Waals surface area (Å²) in [4.78, 5) is 22.7. The summed E-state index contributed by atoms with van der Waals surface area (Å²) in [5.41, 5.74) is 0. The van der Waals surface area contributed by atoms with E-state index < -0.39 is 5.97 Å². The van der Waals surface area contributed by atoms with Crippen LogP contribution in [0, 0.1) is 0 Å². The van der Waals surface area contributed by atoms with Crippen LogP contribution in [0.5, 0.6) is 0 Å². The Morgan fingerprint density at radius 2 is 0.771 bits per heavy atom. The first-order valence-corrected chi connectivity index (χ1v) is 21.6. The zero-order valence-corrected chi connectivity index (χ0v) is 32.6. The van der Waals surface area contributed by atoms with E-state index in [0.29, 0.717) is 12.8 Å². The molecule has 0 aromatic heterocycles. The van der Waals surface area contributed by atoms with Gasteiger partial charge in [-0.25, -0.2) is 0 Å². The van der Waals surface area contributed by atoms with Crippen LogP contribution >= 0.6 is 0 Å². The molecule has 0 amide bonds. The predicted octanol–water partition coefficient (Wildman–Crippen LogP) is 15.0. The van der Waals surface area contributed by atoms with Gasteiger partial charge >= 0.3 is 11.9 Å². The van der Waals surface area contributed by atoms with E-state index in [0.717, 1.165) is 32.1 Å². The van der Waals surface area contributed by atoms with Crippen LogP contribution in [-0.4, -0.2) is 23.1 Å². The Morgan fingerprint density at radius 3 is 1.15 bits per heavy atom. The molecule has 284 valence electrons. The number of unbranched alkanes of at least 4 members (excludes halogenated alkanes) is 31. The number of carboxylic acid groups (broad SMARTS) is 1. The van der Waals surface area contributed by atoms with E-state index in [1.54, 1.807) is 0 Å². The highest BCUT2D eigenvalue weighted by Crippen LogP contribution is 2.17. The van der Waals surface area contributed by atoms with Crippen molar-refractivity contribution < 1.29 is 19.4 Å². The Hall–Kier alpha value is -1.32. The molecule has 0 aliphatic carbocycles. The Morgan fingerprint density at radius 1 is 0.458 bits per heavy atom. The zero-order valence-electron chi connectivity index (χ0n) is 32.6. The van der Waals surface area contributed by atoms with E-state index in [9.17, 15) is 9.59 Å². The van der Waals surface area contributed by atoms with Crippen LogP contribution in [0.1, 0.15) is 251 Å². The highest BCUT2D eigenvalue weighted by Gasteiger charge is 2.09. The van der Waals surface area contributed by atoms with Crippen molar-refractivity contribution >= 4 is 11.9 Å². The molecule has 1 N–H and O–H groups in total. The van der Waals surface area contributed by atoms with Gasteiger partial charge in [0.2, 0.25) is 0 Å². The second-order valence-corrected chi connectivity index (χ2v) is 15.0. The SMILES string of the molecule is CCCCCCCC/C=C\CCCCCCCCCCCC(=O)OC(C)CCCCCCCCCCCCCCCCCCCC(=O)O. The molecule has 0 saturated carbocycles. The van der Waals surface area contributed by atoms with E-state index in [1.165, 1.54) is 193 Å². The summed E-state index contributed by atoms with van der Waals surface area (Å²) in [6, 6.07) is 0. The van der Waals surface area contributed by atoms with Crippen molar-refractivity contribution in [2.24, 2.45) is 0 Å². The van der Waals surface area contributed by atoms with Crippen molar-refractivity contribution in [1.82, 2.24) is 0 Å². The van der Waals surface area contributed by atoms with Crippen LogP contribution in [-0.2, 0) is 14.3 Å². The minimum absolute atomic E-state index is 0.00786. The lowest BCUT2D eigenvalue weighted by Crippen LogP contribution is -2.14. The van der Waals surface area contributed by atoms with E-state index in [-0.39, 0.29) is 12.1 Å². The third kappa shape index (κ3) is 40.9. The van der Waals surface area contributed by atoms with Gasteiger partial charge in [-0.2, -0.15) is 0 Å². The van der Waals surface area contributed by atoms with Gasteiger partial charge in [0.15, 0.2) is 0 Å². The number of carbonyl (C=O) groups excluding carboxylic acids is 1. The molecular weight excluding hydrogens is 592 g/mol. The molecule has 1 atom stereocenters. The number of carboxylic acids is 1. The van der Waals surface area contributed by atoms with Gasteiger partial charge in [-0.05, 0) is 58.3 Å². The zero-order chi connectivity index (χ0) is 35.0. The first-order valence-electron chi connectivity index (χ1n) is 21.6. The summed E-state index contributed by atoms with van der Waals surface area (Å²) in [5, 5.41) is 8.65. The maximum Gasteiger partial charge on any atom is 0.306 e. The highest BCUT2D eigenvalue weighted by atomic mass is 16.5. The maximum atomic E-state index is 12.2. The quantitative estimate of drug-likeness (QED) is 0.0398. The summed E-state index contributed by atoms with van der Waals surface area (Å²) in [6.45, 7) is 4.35. The molecule has 48 heavy (non-hydrogen) atoms. The molecule has 0 aromatic carbocycles. The lowest BCUT2D eigenvalue weighted by molar-refractivity contribution is -0.148. The molecule has 0 aliphatic rings. The molecule has 4 nitrogen and oxygen atoms in total. The van der Waals surface area contributed by atoms with Crippen molar-refractivity contribution in [3.05, 3.63) is 12.2 Å². The number of ether oxygens (including phenoxy) is 1. The number of hydrogen-bond donors (Lipinski definition) is 1. The maximum absolute atomic E-state index is 12.2. The molecule has 0 fully saturated rings. The molecule has 0 saturated heterocycles. The fourth-order valence-electron chi connectivity index (χ4n) is 6.75. The van der Waals surface area contributed by atoms with Gasteiger partial charge in [0.25, 0.3) is 0 Å². The lowest BCUT2D eigenvalue weighted by atomic mass is 10.0. The van der Waals surface area contributed by atoms with Gasteiger partial charge in [-0.1, -0.05) is 192 Å². The van der Waals surface area contributed by atoms with Gasteiger partial charge in [0.05, 0.1) is 6.10 Å². The number of esters is 1. The number of hydrogen-bond acceptors (Lipinski definition) is 3. The van der Waals surface area contributed by atoms with Crippen molar-refractivity contribution in [2.75, 3.05) is 0 Å². The minimum atomic E-state index is -0.661. The summed E-state index contributed by atoms with van der Waals surface area (Å²) in [5.74, 6) is -0.653. The summed E-state index contributed by atoms with van der Waals surface area (Å²) in [6.07, 6.45) is 51.0. The average molecular weight is 677 g/mol. The molecule has 0 heterocycles. The van der Waals surface area contributed by atoms with E-state index in [1.807, 2.05) is 0 Å². The molecule has 0 aromatic rings. The van der Waals surface area contributed by atoms with Gasteiger partial charge in [0.1, 0.15) is 0 Å². The second-order valence-electron chi connectivity index (χ2n) is 15.0. The average Bonchev–Trinajstić information content (AvgIpc) is 3.06. The van der Waals surface area contributed by atoms with Crippen LogP contribution in [0.4, 0.5) is 0 Å². The fraction of sp³-hybridized carbons (Fsp3) is 0.909. The normalized spacial score (nSPS) is 12.2. The second kappa shape index (κ2) is 40.1. The molecule has 0 aliphatic heterocycles. The number of allylic oxidation sites excluding steroid dienone is 2. The summed E-state index contributed by atoms with van der Waals surface area (Å²) >= 11 is 0. The van der Waals surface area contributed by atoms with Crippen LogP contribution in [0.15, 0.2) is 12.2 Å². The molecule has 0 rings (SSSR count). The van der Waals surface area contributed by atoms with E-state index in [2.05, 4.69) is 26.0 Å². The van der Waals surface area contributed by atoms with Crippen LogP contribution < -0.4 is 0 Å². The Kier molecular flexibility index (Phi) is 39.0. The van der Waals surface area contributed by atoms with E-state index >= 15 is 0 Å². The monoisotopic (exact) mass is 677 g/mol. The summed E-state index contributed by atoms with van der Waals surface area (Å²) in [7, 11) is 0. The largest absolute Gasteiger partial charge is 0.481 e. The standard InChI is InChI=1S/C44H84O4/c1-3-4-5-6-7-8-9-10-11-12-13-17-20-23-26-29-32-35-38-41-44(47)48-42(2)39-36-33-30-27-24-21-18-15-14-16-19-22-25-28-31-34-37-40-43(45)46/h10-11,42H,3-9,12-41H2,1-2H3,(H,45,46)/b11-10-. The predicted molar refractivity (Wildman–Crippen MR) is 209 cm³/mol. The minimum Gasteiger partial charge on any atom is -0.481 e. The molecule has 0 radical (unpaired) electrons. The summed E-state index contributed by atoms with van der Waals surface area (Å²) < 4.78 is 5.67. The third-order valence-corrected chi connectivity index (χ3v) is 9.98. The Balaban J connectivity index is 3.29. The molecule has 0 bridgehead atoms. The number of aliphatic carboxylic acids is 1. The topological polar surface area (TPSA) is 63.6 Å². The molecule has 0 spiro atoms.